The Hall–Kier alpha value is -2.56. The molecule has 0 spiro atoms. The Balaban J connectivity index is 0.00000324. The van der Waals surface area contributed by atoms with Crippen LogP contribution in [-0.2, 0) is 6.54 Å². The van der Waals surface area contributed by atoms with Crippen LogP contribution in [0.2, 0.25) is 0 Å². The molecule has 1 saturated heterocycles. The molecule has 1 amide bonds. The zero-order chi connectivity index (χ0) is 23.0. The number of nitrogens with zero attached hydrogens (tertiary/aromatic N) is 2. The standard InChI is InChI=1S/C29H36N2O2.ClH/c1-23(2)31(22-24-10-5-3-6-11-24)29(32)27-13-12-26-21-28(15-14-25(26)20-27)33-19-9-18-30-16-7-4-8-17-30;/h3,5-6,10-15,20-21,23H,4,7-9,16-19,22H2,1-2H3;1H. The molecule has 182 valence electrons. The summed E-state index contributed by atoms with van der Waals surface area (Å²) in [5.74, 6) is 0.960. The second-order valence-corrected chi connectivity index (χ2v) is 9.34. The molecule has 0 bridgehead atoms. The molecule has 3 aromatic rings. The summed E-state index contributed by atoms with van der Waals surface area (Å²) in [6, 6.07) is 22.4. The van der Waals surface area contributed by atoms with Crippen LogP contribution >= 0.6 is 12.4 Å². The molecule has 0 N–H and O–H groups in total. The zero-order valence-electron chi connectivity index (χ0n) is 20.4. The lowest BCUT2D eigenvalue weighted by Gasteiger charge is -2.27. The molecule has 0 radical (unpaired) electrons. The van der Waals surface area contributed by atoms with Gasteiger partial charge in [-0.3, -0.25) is 4.79 Å². The molecule has 0 aliphatic carbocycles. The van der Waals surface area contributed by atoms with Crippen LogP contribution in [0.5, 0.6) is 5.75 Å². The molecule has 0 saturated carbocycles. The molecule has 0 atom stereocenters. The SMILES string of the molecule is CC(C)N(Cc1ccccc1)C(=O)c1ccc2cc(OCCCN3CCCCC3)ccc2c1.Cl. The van der Waals surface area contributed by atoms with Gasteiger partial charge in [-0.1, -0.05) is 48.9 Å². The number of carbonyl (C=O) groups excluding carboxylic acids is 1. The number of fused-ring (bicyclic) bond motifs is 1. The van der Waals surface area contributed by atoms with Gasteiger partial charge in [0.1, 0.15) is 5.75 Å². The van der Waals surface area contributed by atoms with Crippen molar-refractivity contribution in [3.63, 3.8) is 0 Å². The summed E-state index contributed by atoms with van der Waals surface area (Å²) in [6.07, 6.45) is 5.09. The quantitative estimate of drug-likeness (QED) is 0.325. The van der Waals surface area contributed by atoms with Crippen LogP contribution in [0.1, 0.15) is 55.5 Å². The van der Waals surface area contributed by atoms with Gasteiger partial charge in [-0.25, -0.2) is 0 Å². The number of amides is 1. The molecular weight excluding hydrogens is 444 g/mol. The summed E-state index contributed by atoms with van der Waals surface area (Å²) >= 11 is 0. The van der Waals surface area contributed by atoms with Crippen molar-refractivity contribution in [2.75, 3.05) is 26.2 Å². The van der Waals surface area contributed by atoms with E-state index in [0.717, 1.165) is 47.2 Å². The molecule has 4 nitrogen and oxygen atoms in total. The maximum absolute atomic E-state index is 13.3. The van der Waals surface area contributed by atoms with E-state index in [1.54, 1.807) is 0 Å². The van der Waals surface area contributed by atoms with Crippen molar-refractivity contribution in [2.45, 2.75) is 52.1 Å². The normalized spacial score (nSPS) is 14.1. The van der Waals surface area contributed by atoms with Gasteiger partial charge < -0.3 is 14.5 Å². The molecule has 4 rings (SSSR count). The van der Waals surface area contributed by atoms with Gasteiger partial charge in [-0.05, 0) is 86.8 Å². The van der Waals surface area contributed by atoms with Crippen LogP contribution in [0.3, 0.4) is 0 Å². The summed E-state index contributed by atoms with van der Waals surface area (Å²) in [6.45, 7) is 9.07. The Morgan fingerprint density at radius 3 is 2.38 bits per heavy atom. The number of benzene rings is 3. The number of ether oxygens (including phenoxy) is 1. The molecule has 0 aromatic heterocycles. The Labute approximate surface area is 210 Å². The van der Waals surface area contributed by atoms with Gasteiger partial charge in [-0.2, -0.15) is 0 Å². The van der Waals surface area contributed by atoms with Crippen LogP contribution in [-0.4, -0.2) is 48.0 Å². The molecule has 3 aromatic carbocycles. The third kappa shape index (κ3) is 6.97. The van der Waals surface area contributed by atoms with Crippen molar-refractivity contribution in [1.82, 2.24) is 9.80 Å². The lowest BCUT2D eigenvalue weighted by atomic mass is 10.0. The van der Waals surface area contributed by atoms with Crippen molar-refractivity contribution >= 4 is 29.1 Å². The second kappa shape index (κ2) is 12.8. The largest absolute Gasteiger partial charge is 0.494 e. The van der Waals surface area contributed by atoms with Crippen LogP contribution in [0.25, 0.3) is 10.8 Å². The molecule has 1 heterocycles. The molecular formula is C29H37ClN2O2. The number of piperidine rings is 1. The van der Waals surface area contributed by atoms with Crippen LogP contribution in [0.15, 0.2) is 66.7 Å². The monoisotopic (exact) mass is 480 g/mol. The van der Waals surface area contributed by atoms with E-state index in [9.17, 15) is 4.79 Å². The van der Waals surface area contributed by atoms with Crippen molar-refractivity contribution in [3.8, 4) is 5.75 Å². The Morgan fingerprint density at radius 2 is 1.65 bits per heavy atom. The molecule has 1 fully saturated rings. The molecule has 34 heavy (non-hydrogen) atoms. The number of hydrogen-bond donors (Lipinski definition) is 0. The van der Waals surface area contributed by atoms with Gasteiger partial charge in [0.25, 0.3) is 5.91 Å². The van der Waals surface area contributed by atoms with Crippen molar-refractivity contribution in [1.29, 1.82) is 0 Å². The van der Waals surface area contributed by atoms with Crippen molar-refractivity contribution < 1.29 is 9.53 Å². The summed E-state index contributed by atoms with van der Waals surface area (Å²) in [4.78, 5) is 17.8. The van der Waals surface area contributed by atoms with E-state index < -0.39 is 0 Å². The van der Waals surface area contributed by atoms with Crippen molar-refractivity contribution in [3.05, 3.63) is 77.9 Å². The lowest BCUT2D eigenvalue weighted by Crippen LogP contribution is -2.36. The first-order chi connectivity index (χ1) is 16.1. The van der Waals surface area contributed by atoms with Crippen LogP contribution in [0.4, 0.5) is 0 Å². The lowest BCUT2D eigenvalue weighted by molar-refractivity contribution is 0.0690. The Kier molecular flexibility index (Phi) is 9.79. The van der Waals surface area contributed by atoms with E-state index in [0.29, 0.717) is 6.54 Å². The third-order valence-electron chi connectivity index (χ3n) is 6.47. The summed E-state index contributed by atoms with van der Waals surface area (Å²) < 4.78 is 6.02. The van der Waals surface area contributed by atoms with E-state index in [1.807, 2.05) is 47.4 Å². The van der Waals surface area contributed by atoms with Gasteiger partial charge in [0.05, 0.1) is 6.61 Å². The summed E-state index contributed by atoms with van der Waals surface area (Å²) in [5.41, 5.74) is 1.87. The first-order valence-electron chi connectivity index (χ1n) is 12.3. The minimum atomic E-state index is 0. The average molecular weight is 481 g/mol. The first kappa shape index (κ1) is 26.1. The molecule has 5 heteroatoms. The Morgan fingerprint density at radius 1 is 0.941 bits per heavy atom. The fourth-order valence-corrected chi connectivity index (χ4v) is 4.54. The number of hydrogen-bond acceptors (Lipinski definition) is 3. The minimum absolute atomic E-state index is 0. The molecule has 1 aliphatic heterocycles. The van der Waals surface area contributed by atoms with E-state index in [2.05, 4.69) is 43.0 Å². The topological polar surface area (TPSA) is 32.8 Å². The third-order valence-corrected chi connectivity index (χ3v) is 6.47. The predicted octanol–water partition coefficient (Wildman–Crippen LogP) is 6.57. The van der Waals surface area contributed by atoms with E-state index in [-0.39, 0.29) is 24.4 Å². The summed E-state index contributed by atoms with van der Waals surface area (Å²) in [7, 11) is 0. The highest BCUT2D eigenvalue weighted by molar-refractivity contribution is 5.99. The van der Waals surface area contributed by atoms with E-state index in [4.69, 9.17) is 4.74 Å². The van der Waals surface area contributed by atoms with Crippen LogP contribution < -0.4 is 4.74 Å². The first-order valence-corrected chi connectivity index (χ1v) is 12.3. The summed E-state index contributed by atoms with van der Waals surface area (Å²) in [5, 5.41) is 2.16. The second-order valence-electron chi connectivity index (χ2n) is 9.34. The maximum atomic E-state index is 13.3. The highest BCUT2D eigenvalue weighted by Crippen LogP contribution is 2.24. The predicted molar refractivity (Wildman–Crippen MR) is 143 cm³/mol. The van der Waals surface area contributed by atoms with E-state index in [1.165, 1.54) is 32.4 Å². The van der Waals surface area contributed by atoms with E-state index >= 15 is 0 Å². The van der Waals surface area contributed by atoms with Gasteiger partial charge in [0, 0.05) is 24.7 Å². The number of likely N-dealkylation sites (tertiary alicyclic amines) is 1. The molecule has 0 unspecified atom stereocenters. The average Bonchev–Trinajstić information content (AvgIpc) is 2.85. The highest BCUT2D eigenvalue weighted by atomic mass is 35.5. The van der Waals surface area contributed by atoms with Gasteiger partial charge in [0.2, 0.25) is 0 Å². The van der Waals surface area contributed by atoms with Crippen LogP contribution in [0, 0.1) is 0 Å². The number of carbonyl (C=O) groups is 1. The van der Waals surface area contributed by atoms with Gasteiger partial charge >= 0.3 is 0 Å². The van der Waals surface area contributed by atoms with Gasteiger partial charge in [-0.15, -0.1) is 12.4 Å². The number of rotatable bonds is 9. The smallest absolute Gasteiger partial charge is 0.254 e. The zero-order valence-corrected chi connectivity index (χ0v) is 21.2. The van der Waals surface area contributed by atoms with Crippen molar-refractivity contribution in [2.24, 2.45) is 0 Å². The Bertz CT molecular complexity index is 1050. The minimum Gasteiger partial charge on any atom is -0.494 e. The fraction of sp³-hybridized carbons (Fsp3) is 0.414. The maximum Gasteiger partial charge on any atom is 0.254 e. The number of halogens is 1. The van der Waals surface area contributed by atoms with Gasteiger partial charge in [0.15, 0.2) is 0 Å². The molecule has 1 aliphatic rings. The fourth-order valence-electron chi connectivity index (χ4n) is 4.54. The highest BCUT2D eigenvalue weighted by Gasteiger charge is 2.19.